The second-order valence-electron chi connectivity index (χ2n) is 7.05. The van der Waals surface area contributed by atoms with Crippen molar-refractivity contribution in [2.75, 3.05) is 58.0 Å². The molecule has 0 atom stereocenters. The fraction of sp³-hybridized carbons (Fsp3) is 0.364. The van der Waals surface area contributed by atoms with Gasteiger partial charge in [0.2, 0.25) is 0 Å². The number of para-hydroxylation sites is 2. The second kappa shape index (κ2) is 10.4. The van der Waals surface area contributed by atoms with Gasteiger partial charge in [-0.1, -0.05) is 39.4 Å². The number of anilines is 1. The molecule has 0 radical (unpaired) electrons. The molecular weight excluding hydrogens is 482 g/mol. The number of rotatable bonds is 8. The molecule has 164 valence electrons. The van der Waals surface area contributed by atoms with Crippen molar-refractivity contribution in [1.29, 1.82) is 0 Å². The Morgan fingerprint density at radius 1 is 1.23 bits per heavy atom. The van der Waals surface area contributed by atoms with Gasteiger partial charge in [-0.2, -0.15) is 0 Å². The minimum atomic E-state index is -0.141. The summed E-state index contributed by atoms with van der Waals surface area (Å²) in [6.45, 7) is 4.38. The number of nitrogens with zero attached hydrogens (tertiary/aromatic N) is 3. The van der Waals surface area contributed by atoms with E-state index in [1.807, 2.05) is 30.3 Å². The molecule has 1 aliphatic rings. The van der Waals surface area contributed by atoms with Crippen LogP contribution in [0.25, 0.3) is 10.2 Å². The highest BCUT2D eigenvalue weighted by Gasteiger charge is 2.22. The Kier molecular flexibility index (Phi) is 7.39. The van der Waals surface area contributed by atoms with E-state index >= 15 is 0 Å². The van der Waals surface area contributed by atoms with E-state index in [4.69, 9.17) is 19.2 Å². The Hall–Kier alpha value is -2.20. The van der Waals surface area contributed by atoms with Crippen LogP contribution in [0.15, 0.2) is 46.9 Å². The average molecular weight is 506 g/mol. The lowest BCUT2D eigenvalue weighted by Crippen LogP contribution is -2.44. The van der Waals surface area contributed by atoms with E-state index in [9.17, 15) is 4.79 Å². The third-order valence-corrected chi connectivity index (χ3v) is 6.57. The summed E-state index contributed by atoms with van der Waals surface area (Å²) in [5.74, 6) is 0.997. The van der Waals surface area contributed by atoms with Crippen LogP contribution in [0.2, 0.25) is 0 Å². The van der Waals surface area contributed by atoms with Gasteiger partial charge in [0.05, 0.1) is 30.5 Å². The number of carbonyl (C=O) groups excluding carboxylic acids is 1. The van der Waals surface area contributed by atoms with Gasteiger partial charge in [0, 0.05) is 30.7 Å². The van der Waals surface area contributed by atoms with Gasteiger partial charge >= 0.3 is 0 Å². The number of ether oxygens (including phenoxy) is 3. The molecule has 9 heteroatoms. The van der Waals surface area contributed by atoms with Crippen molar-refractivity contribution in [3.8, 4) is 11.5 Å². The zero-order valence-electron chi connectivity index (χ0n) is 17.3. The lowest BCUT2D eigenvalue weighted by atomic mass is 10.3. The van der Waals surface area contributed by atoms with Gasteiger partial charge in [-0.25, -0.2) is 4.98 Å². The van der Waals surface area contributed by atoms with Crippen LogP contribution in [-0.4, -0.2) is 68.9 Å². The summed E-state index contributed by atoms with van der Waals surface area (Å²) in [5, 5.41) is 0.676. The first-order chi connectivity index (χ1) is 15.1. The molecule has 31 heavy (non-hydrogen) atoms. The van der Waals surface area contributed by atoms with E-state index in [-0.39, 0.29) is 12.5 Å². The van der Waals surface area contributed by atoms with E-state index in [2.05, 4.69) is 20.8 Å². The molecular formula is C22H24BrN3O4S. The van der Waals surface area contributed by atoms with Gasteiger partial charge in [-0.3, -0.25) is 14.6 Å². The molecule has 4 rings (SSSR count). The minimum Gasteiger partial charge on any atom is -0.493 e. The number of hydrogen-bond donors (Lipinski definition) is 0. The van der Waals surface area contributed by atoms with Gasteiger partial charge in [0.25, 0.3) is 5.91 Å². The van der Waals surface area contributed by atoms with E-state index in [0.717, 1.165) is 47.5 Å². The van der Waals surface area contributed by atoms with Crippen molar-refractivity contribution >= 4 is 48.5 Å². The third kappa shape index (κ3) is 5.54. The molecule has 0 unspecified atom stereocenters. The van der Waals surface area contributed by atoms with Crippen molar-refractivity contribution in [2.45, 2.75) is 0 Å². The maximum absolute atomic E-state index is 13.2. The van der Waals surface area contributed by atoms with Crippen molar-refractivity contribution in [3.05, 3.63) is 46.9 Å². The molecule has 1 aliphatic heterocycles. The van der Waals surface area contributed by atoms with Gasteiger partial charge in [-0.15, -0.1) is 0 Å². The zero-order valence-corrected chi connectivity index (χ0v) is 19.7. The number of carbonyl (C=O) groups is 1. The standard InChI is InChI=1S/C22H24BrN3O4S/c1-28-18-4-2-3-5-19(18)30-15-21(27)26(9-8-25-10-12-29-13-11-25)22-24-17-7-6-16(23)14-20(17)31-22/h2-7,14H,8-13,15H2,1H3. The lowest BCUT2D eigenvalue weighted by Gasteiger charge is -2.29. The molecule has 1 amide bonds. The van der Waals surface area contributed by atoms with Crippen LogP contribution < -0.4 is 14.4 Å². The number of aromatic nitrogens is 1. The molecule has 3 aromatic rings. The fourth-order valence-electron chi connectivity index (χ4n) is 3.35. The largest absolute Gasteiger partial charge is 0.493 e. The number of benzene rings is 2. The number of hydrogen-bond acceptors (Lipinski definition) is 7. The Morgan fingerprint density at radius 3 is 2.77 bits per heavy atom. The smallest absolute Gasteiger partial charge is 0.266 e. The number of morpholine rings is 1. The topological polar surface area (TPSA) is 64.1 Å². The Labute approximate surface area is 193 Å². The fourth-order valence-corrected chi connectivity index (χ4v) is 4.91. The van der Waals surface area contributed by atoms with Crippen LogP contribution in [0.4, 0.5) is 5.13 Å². The maximum atomic E-state index is 13.2. The quantitative estimate of drug-likeness (QED) is 0.463. The van der Waals surface area contributed by atoms with E-state index in [1.165, 1.54) is 11.3 Å². The highest BCUT2D eigenvalue weighted by molar-refractivity contribution is 9.10. The molecule has 2 heterocycles. The average Bonchev–Trinajstić information content (AvgIpc) is 3.21. The molecule has 2 aromatic carbocycles. The molecule has 0 saturated carbocycles. The predicted molar refractivity (Wildman–Crippen MR) is 125 cm³/mol. The first-order valence-electron chi connectivity index (χ1n) is 10.1. The highest BCUT2D eigenvalue weighted by atomic mass is 79.9. The molecule has 0 N–H and O–H groups in total. The number of amides is 1. The van der Waals surface area contributed by atoms with Crippen molar-refractivity contribution in [3.63, 3.8) is 0 Å². The first-order valence-corrected chi connectivity index (χ1v) is 11.7. The molecule has 1 aromatic heterocycles. The summed E-state index contributed by atoms with van der Waals surface area (Å²) in [6.07, 6.45) is 0. The summed E-state index contributed by atoms with van der Waals surface area (Å²) < 4.78 is 18.6. The highest BCUT2D eigenvalue weighted by Crippen LogP contribution is 2.31. The van der Waals surface area contributed by atoms with Crippen molar-refractivity contribution in [1.82, 2.24) is 9.88 Å². The maximum Gasteiger partial charge on any atom is 0.266 e. The summed E-state index contributed by atoms with van der Waals surface area (Å²) in [7, 11) is 1.58. The Morgan fingerprint density at radius 2 is 2.00 bits per heavy atom. The molecule has 0 bridgehead atoms. The van der Waals surface area contributed by atoms with Gasteiger partial charge in [0.15, 0.2) is 23.2 Å². The van der Waals surface area contributed by atoms with Gasteiger partial charge in [-0.05, 0) is 30.3 Å². The van der Waals surface area contributed by atoms with E-state index in [0.29, 0.717) is 23.2 Å². The Balaban J connectivity index is 1.52. The van der Waals surface area contributed by atoms with Crippen LogP contribution in [0.5, 0.6) is 11.5 Å². The van der Waals surface area contributed by atoms with Crippen LogP contribution >= 0.6 is 27.3 Å². The lowest BCUT2D eigenvalue weighted by molar-refractivity contribution is -0.120. The van der Waals surface area contributed by atoms with Crippen LogP contribution in [0, 0.1) is 0 Å². The molecule has 0 spiro atoms. The normalized spacial score (nSPS) is 14.5. The van der Waals surface area contributed by atoms with E-state index in [1.54, 1.807) is 24.1 Å². The van der Waals surface area contributed by atoms with Gasteiger partial charge < -0.3 is 14.2 Å². The summed E-state index contributed by atoms with van der Waals surface area (Å²) in [4.78, 5) is 21.9. The number of fused-ring (bicyclic) bond motifs is 1. The SMILES string of the molecule is COc1ccccc1OCC(=O)N(CCN1CCOCC1)c1nc2ccc(Br)cc2s1. The van der Waals surface area contributed by atoms with E-state index < -0.39 is 0 Å². The minimum absolute atomic E-state index is 0.0941. The third-order valence-electron chi connectivity index (χ3n) is 5.03. The summed E-state index contributed by atoms with van der Waals surface area (Å²) >= 11 is 5.01. The monoisotopic (exact) mass is 505 g/mol. The predicted octanol–water partition coefficient (Wildman–Crippen LogP) is 3.81. The second-order valence-corrected chi connectivity index (χ2v) is 8.97. The van der Waals surface area contributed by atoms with Gasteiger partial charge in [0.1, 0.15) is 0 Å². The number of halogens is 1. The number of thiazole rings is 1. The Bertz CT molecular complexity index is 1040. The first kappa shape index (κ1) is 22.0. The van der Waals surface area contributed by atoms with Crippen LogP contribution in [-0.2, 0) is 9.53 Å². The van der Waals surface area contributed by atoms with Crippen molar-refractivity contribution < 1.29 is 19.0 Å². The molecule has 1 saturated heterocycles. The summed E-state index contributed by atoms with van der Waals surface area (Å²) in [6, 6.07) is 13.2. The molecule has 0 aliphatic carbocycles. The van der Waals surface area contributed by atoms with Crippen molar-refractivity contribution in [2.24, 2.45) is 0 Å². The zero-order chi connectivity index (χ0) is 21.6. The summed E-state index contributed by atoms with van der Waals surface area (Å²) in [5.41, 5.74) is 0.873. The molecule has 7 nitrogen and oxygen atoms in total. The molecule has 1 fully saturated rings. The van der Waals surface area contributed by atoms with Crippen LogP contribution in [0.3, 0.4) is 0 Å². The van der Waals surface area contributed by atoms with Crippen LogP contribution in [0.1, 0.15) is 0 Å². The number of methoxy groups -OCH3 is 1.